The smallest absolute Gasteiger partial charge is 0.0165 e. The van der Waals surface area contributed by atoms with Gasteiger partial charge in [-0.1, -0.05) is 75.8 Å². The zero-order chi connectivity index (χ0) is 16.7. The van der Waals surface area contributed by atoms with Crippen molar-refractivity contribution in [1.82, 2.24) is 0 Å². The quantitative estimate of drug-likeness (QED) is 0.527. The lowest BCUT2D eigenvalue weighted by molar-refractivity contribution is 0.744. The van der Waals surface area contributed by atoms with E-state index in [9.17, 15) is 0 Å². The van der Waals surface area contributed by atoms with Crippen molar-refractivity contribution in [3.63, 3.8) is 0 Å². The van der Waals surface area contributed by atoms with Crippen molar-refractivity contribution in [2.75, 3.05) is 5.75 Å². The monoisotopic (exact) mass is 307 g/mol. The molecule has 0 saturated heterocycles. The van der Waals surface area contributed by atoms with Crippen LogP contribution in [-0.4, -0.2) is 11.8 Å². The maximum absolute atomic E-state index is 5.85. The third kappa shape index (κ3) is 11.4. The molecule has 1 nitrogen and oxygen atoms in total. The van der Waals surface area contributed by atoms with Crippen LogP contribution in [-0.2, 0) is 0 Å². The van der Waals surface area contributed by atoms with Gasteiger partial charge < -0.3 is 5.73 Å². The van der Waals surface area contributed by atoms with Gasteiger partial charge in [0.25, 0.3) is 0 Å². The van der Waals surface area contributed by atoms with E-state index in [2.05, 4.69) is 62.9 Å². The number of hydrogen-bond acceptors (Lipinski definition) is 2. The van der Waals surface area contributed by atoms with Gasteiger partial charge in [-0.05, 0) is 31.4 Å². The Kier molecular flexibility index (Phi) is 16.3. The van der Waals surface area contributed by atoms with Crippen LogP contribution >= 0.6 is 12.6 Å². The molecule has 1 atom stereocenters. The van der Waals surface area contributed by atoms with Crippen LogP contribution in [0.3, 0.4) is 0 Å². The van der Waals surface area contributed by atoms with Gasteiger partial charge in [0.2, 0.25) is 0 Å². The minimum Gasteiger partial charge on any atom is -0.327 e. The van der Waals surface area contributed by atoms with E-state index in [0.717, 1.165) is 12.2 Å². The highest BCUT2D eigenvalue weighted by Crippen LogP contribution is 2.14. The Labute approximate surface area is 137 Å². The summed E-state index contributed by atoms with van der Waals surface area (Å²) in [4.78, 5) is 0. The summed E-state index contributed by atoms with van der Waals surface area (Å²) < 4.78 is 0. The molecule has 0 saturated carbocycles. The Morgan fingerprint density at radius 1 is 1.05 bits per heavy atom. The first-order valence-electron chi connectivity index (χ1n) is 7.89. The lowest BCUT2D eigenvalue weighted by Crippen LogP contribution is -2.21. The van der Waals surface area contributed by atoms with Gasteiger partial charge >= 0.3 is 0 Å². The molecule has 0 heterocycles. The molecule has 0 aromatic heterocycles. The minimum atomic E-state index is 0.153. The molecule has 0 amide bonds. The third-order valence-corrected chi connectivity index (χ3v) is 3.13. The van der Waals surface area contributed by atoms with Crippen molar-refractivity contribution in [3.8, 4) is 0 Å². The number of thiol groups is 1. The number of rotatable bonds is 5. The maximum Gasteiger partial charge on any atom is 0.0165 e. The molecule has 120 valence electrons. The largest absolute Gasteiger partial charge is 0.327 e. The van der Waals surface area contributed by atoms with Crippen LogP contribution in [0.1, 0.15) is 53.5 Å². The van der Waals surface area contributed by atoms with Gasteiger partial charge in [-0.15, -0.1) is 0 Å². The molecule has 2 N–H and O–H groups in total. The Hall–Kier alpha value is -0.990. The zero-order valence-electron chi connectivity index (χ0n) is 14.6. The van der Waals surface area contributed by atoms with Gasteiger partial charge in [0.05, 0.1) is 0 Å². The first-order valence-corrected chi connectivity index (χ1v) is 8.52. The summed E-state index contributed by atoms with van der Waals surface area (Å²) in [7, 11) is 0. The van der Waals surface area contributed by atoms with Crippen LogP contribution in [0.15, 0.2) is 48.1 Å². The lowest BCUT2D eigenvalue weighted by atomic mass is 10.1. The summed E-state index contributed by atoms with van der Waals surface area (Å²) in [6, 6.07) is 10.5. The van der Waals surface area contributed by atoms with E-state index < -0.39 is 0 Å². The standard InChI is InChI=1S/C15H21NS.2C2H6/c1-12(10-15(16)11-17)8-9-13(2)14-6-4-3-5-7-14;2*1-2/h3-9,15,17H,10-11,16H2,1-2H3;2*1-2H3/b12-8+,13-9+;;. The van der Waals surface area contributed by atoms with Crippen molar-refractivity contribution in [2.45, 2.75) is 54.0 Å². The van der Waals surface area contributed by atoms with Crippen molar-refractivity contribution >= 4 is 18.2 Å². The highest BCUT2D eigenvalue weighted by molar-refractivity contribution is 7.80. The molecular weight excluding hydrogens is 274 g/mol. The predicted octanol–water partition coefficient (Wildman–Crippen LogP) is 5.74. The van der Waals surface area contributed by atoms with E-state index in [4.69, 9.17) is 5.73 Å². The average molecular weight is 308 g/mol. The molecule has 21 heavy (non-hydrogen) atoms. The molecule has 0 fully saturated rings. The van der Waals surface area contributed by atoms with Gasteiger partial charge in [-0.25, -0.2) is 0 Å². The minimum absolute atomic E-state index is 0.153. The van der Waals surface area contributed by atoms with Gasteiger partial charge in [0, 0.05) is 11.8 Å². The van der Waals surface area contributed by atoms with E-state index in [-0.39, 0.29) is 6.04 Å². The lowest BCUT2D eigenvalue weighted by Gasteiger charge is -2.07. The summed E-state index contributed by atoms with van der Waals surface area (Å²) in [5, 5.41) is 0. The highest BCUT2D eigenvalue weighted by Gasteiger charge is 1.99. The summed E-state index contributed by atoms with van der Waals surface area (Å²) in [6.45, 7) is 12.2. The SMILES string of the molecule is C/C(=C\C=C(/C)c1ccccc1)CC(N)CS.CC.CC. The molecule has 0 spiro atoms. The molecule has 1 unspecified atom stereocenters. The van der Waals surface area contributed by atoms with Gasteiger partial charge in [-0.2, -0.15) is 12.6 Å². The van der Waals surface area contributed by atoms with E-state index in [1.807, 2.05) is 33.8 Å². The topological polar surface area (TPSA) is 26.0 Å². The Bertz CT molecular complexity index is 393. The van der Waals surface area contributed by atoms with Crippen LogP contribution in [0, 0.1) is 0 Å². The Morgan fingerprint density at radius 2 is 1.57 bits per heavy atom. The fourth-order valence-corrected chi connectivity index (χ4v) is 1.74. The molecule has 0 bridgehead atoms. The number of nitrogens with two attached hydrogens (primary N) is 1. The number of benzene rings is 1. The van der Waals surface area contributed by atoms with E-state index in [1.54, 1.807) is 0 Å². The van der Waals surface area contributed by atoms with Crippen molar-refractivity contribution in [1.29, 1.82) is 0 Å². The third-order valence-electron chi connectivity index (χ3n) is 2.67. The van der Waals surface area contributed by atoms with Crippen LogP contribution in [0.25, 0.3) is 5.57 Å². The molecule has 2 heteroatoms. The first kappa shape index (κ1) is 22.3. The van der Waals surface area contributed by atoms with E-state index in [0.29, 0.717) is 0 Å². The van der Waals surface area contributed by atoms with Crippen molar-refractivity contribution < 1.29 is 0 Å². The molecule has 0 aliphatic heterocycles. The zero-order valence-corrected chi connectivity index (χ0v) is 15.5. The average Bonchev–Trinajstić information content (AvgIpc) is 2.57. The van der Waals surface area contributed by atoms with E-state index >= 15 is 0 Å². The second-order valence-electron chi connectivity index (χ2n) is 4.38. The van der Waals surface area contributed by atoms with Crippen molar-refractivity contribution in [3.05, 3.63) is 53.6 Å². The molecule has 0 aliphatic rings. The molecule has 0 aliphatic carbocycles. The van der Waals surface area contributed by atoms with Crippen LogP contribution in [0.2, 0.25) is 0 Å². The Balaban J connectivity index is 0. The molecule has 1 aromatic rings. The fraction of sp³-hybridized carbons (Fsp3) is 0.474. The number of hydrogen-bond donors (Lipinski definition) is 2. The number of allylic oxidation sites excluding steroid dienone is 3. The maximum atomic E-state index is 5.85. The van der Waals surface area contributed by atoms with Crippen LogP contribution in [0.4, 0.5) is 0 Å². The summed E-state index contributed by atoms with van der Waals surface area (Å²) in [5.74, 6) is 0.729. The molecule has 0 radical (unpaired) electrons. The van der Waals surface area contributed by atoms with Gasteiger partial charge in [-0.3, -0.25) is 0 Å². The summed E-state index contributed by atoms with van der Waals surface area (Å²) >= 11 is 4.19. The highest BCUT2D eigenvalue weighted by atomic mass is 32.1. The van der Waals surface area contributed by atoms with Gasteiger partial charge in [0.15, 0.2) is 0 Å². The Morgan fingerprint density at radius 3 is 2.05 bits per heavy atom. The predicted molar refractivity (Wildman–Crippen MR) is 103 cm³/mol. The van der Waals surface area contributed by atoms with Crippen LogP contribution in [0.5, 0.6) is 0 Å². The van der Waals surface area contributed by atoms with E-state index in [1.165, 1.54) is 16.7 Å². The summed E-state index contributed by atoms with van der Waals surface area (Å²) in [5.41, 5.74) is 9.67. The van der Waals surface area contributed by atoms with Gasteiger partial charge in [0.1, 0.15) is 0 Å². The normalized spacial score (nSPS) is 12.6. The molecule has 1 aromatic carbocycles. The summed E-state index contributed by atoms with van der Waals surface area (Å²) in [6.07, 6.45) is 5.20. The van der Waals surface area contributed by atoms with Crippen molar-refractivity contribution in [2.24, 2.45) is 5.73 Å². The second-order valence-corrected chi connectivity index (χ2v) is 4.74. The second kappa shape index (κ2) is 15.4. The first-order chi connectivity index (χ1) is 10.1. The fourth-order valence-electron chi connectivity index (χ4n) is 1.61. The van der Waals surface area contributed by atoms with Crippen LogP contribution < -0.4 is 5.73 Å². The molecule has 1 rings (SSSR count). The molecular formula is C19H33NS.